The molecule has 1 aromatic heterocycles. The normalized spacial score (nSPS) is 10.5. The summed E-state index contributed by atoms with van der Waals surface area (Å²) < 4.78 is 15.4. The number of hydrogen-bond acceptors (Lipinski definition) is 6. The molecule has 7 heteroatoms. The number of ether oxygens (including phenoxy) is 2. The summed E-state index contributed by atoms with van der Waals surface area (Å²) in [6, 6.07) is 9.79. The number of benzene rings is 1. The minimum absolute atomic E-state index is 0.199. The smallest absolute Gasteiger partial charge is 0.338 e. The SMILES string of the molecule is CCCOC(=O)c1ccc(OCC(=O)NN=Cc2ccco2)cc1. The molecule has 1 N–H and O–H groups in total. The second-order valence-electron chi connectivity index (χ2n) is 4.76. The van der Waals surface area contributed by atoms with Crippen LogP contribution in [0.4, 0.5) is 0 Å². The molecule has 0 atom stereocenters. The van der Waals surface area contributed by atoms with E-state index in [0.717, 1.165) is 6.42 Å². The van der Waals surface area contributed by atoms with Gasteiger partial charge in [-0.3, -0.25) is 4.79 Å². The Kier molecular flexibility index (Phi) is 6.58. The molecule has 1 heterocycles. The molecule has 2 aromatic rings. The molecule has 0 fully saturated rings. The molecule has 126 valence electrons. The van der Waals surface area contributed by atoms with Crippen molar-refractivity contribution in [2.75, 3.05) is 13.2 Å². The number of carbonyl (C=O) groups is 2. The van der Waals surface area contributed by atoms with Gasteiger partial charge >= 0.3 is 5.97 Å². The Morgan fingerprint density at radius 1 is 1.25 bits per heavy atom. The quantitative estimate of drug-likeness (QED) is 0.456. The topological polar surface area (TPSA) is 90.1 Å². The largest absolute Gasteiger partial charge is 0.484 e. The molecule has 1 aromatic carbocycles. The minimum Gasteiger partial charge on any atom is -0.484 e. The summed E-state index contributed by atoms with van der Waals surface area (Å²) in [6.45, 7) is 2.11. The van der Waals surface area contributed by atoms with Gasteiger partial charge in [0.05, 0.1) is 24.6 Å². The Balaban J connectivity index is 1.75. The molecule has 0 aliphatic carbocycles. The molecule has 0 bridgehead atoms. The highest BCUT2D eigenvalue weighted by Crippen LogP contribution is 2.13. The maximum atomic E-state index is 11.6. The first-order chi connectivity index (χ1) is 11.7. The van der Waals surface area contributed by atoms with Crippen LogP contribution in [0.2, 0.25) is 0 Å². The van der Waals surface area contributed by atoms with E-state index in [2.05, 4.69) is 10.5 Å². The van der Waals surface area contributed by atoms with Crippen LogP contribution in [0, 0.1) is 0 Å². The van der Waals surface area contributed by atoms with E-state index >= 15 is 0 Å². The van der Waals surface area contributed by atoms with Crippen molar-refractivity contribution < 1.29 is 23.5 Å². The molecule has 24 heavy (non-hydrogen) atoms. The first-order valence-electron chi connectivity index (χ1n) is 7.44. The predicted octanol–water partition coefficient (Wildman–Crippen LogP) is 2.38. The fraction of sp³-hybridized carbons (Fsp3) is 0.235. The number of rotatable bonds is 8. The van der Waals surface area contributed by atoms with E-state index in [-0.39, 0.29) is 12.6 Å². The predicted molar refractivity (Wildman–Crippen MR) is 87.0 cm³/mol. The van der Waals surface area contributed by atoms with E-state index in [4.69, 9.17) is 13.9 Å². The van der Waals surface area contributed by atoms with Crippen LogP contribution >= 0.6 is 0 Å². The molecule has 0 aliphatic heterocycles. The summed E-state index contributed by atoms with van der Waals surface area (Å²) in [5, 5.41) is 3.73. The number of hydrogen-bond donors (Lipinski definition) is 1. The van der Waals surface area contributed by atoms with Gasteiger partial charge in [0, 0.05) is 0 Å². The Morgan fingerprint density at radius 2 is 2.04 bits per heavy atom. The molecule has 1 amide bonds. The van der Waals surface area contributed by atoms with Crippen LogP contribution in [0.3, 0.4) is 0 Å². The second kappa shape index (κ2) is 9.14. The van der Waals surface area contributed by atoms with E-state index in [1.54, 1.807) is 36.4 Å². The van der Waals surface area contributed by atoms with Crippen LogP contribution < -0.4 is 10.2 Å². The first-order valence-corrected chi connectivity index (χ1v) is 7.44. The molecule has 7 nitrogen and oxygen atoms in total. The molecule has 0 saturated carbocycles. The molecule has 0 aliphatic rings. The third-order valence-electron chi connectivity index (χ3n) is 2.82. The zero-order chi connectivity index (χ0) is 17.2. The average Bonchev–Trinajstić information content (AvgIpc) is 3.11. The summed E-state index contributed by atoms with van der Waals surface area (Å²) in [7, 11) is 0. The summed E-state index contributed by atoms with van der Waals surface area (Å²) in [5.74, 6) is 0.201. The monoisotopic (exact) mass is 330 g/mol. The van der Waals surface area contributed by atoms with Crippen LogP contribution in [0.5, 0.6) is 5.75 Å². The standard InChI is InChI=1S/C17H18N2O5/c1-2-9-23-17(21)13-5-7-14(8-6-13)24-12-16(20)19-18-11-15-4-3-10-22-15/h3-8,10-11H,2,9,12H2,1H3,(H,19,20). The van der Waals surface area contributed by atoms with Crippen LogP contribution in [0.25, 0.3) is 0 Å². The number of nitrogens with one attached hydrogen (secondary N) is 1. The third-order valence-corrected chi connectivity index (χ3v) is 2.82. The van der Waals surface area contributed by atoms with Gasteiger partial charge in [-0.05, 0) is 42.8 Å². The highest BCUT2D eigenvalue weighted by molar-refractivity contribution is 5.89. The molecule has 0 unspecified atom stereocenters. The number of furan rings is 1. The first kappa shape index (κ1) is 17.3. The maximum absolute atomic E-state index is 11.6. The molecule has 0 spiro atoms. The minimum atomic E-state index is -0.413. The number of amides is 1. The second-order valence-corrected chi connectivity index (χ2v) is 4.76. The van der Waals surface area contributed by atoms with Gasteiger partial charge in [-0.1, -0.05) is 6.92 Å². The number of carbonyl (C=O) groups excluding carboxylic acids is 2. The van der Waals surface area contributed by atoms with Crippen molar-refractivity contribution in [3.05, 3.63) is 54.0 Å². The molecule has 0 saturated heterocycles. The highest BCUT2D eigenvalue weighted by atomic mass is 16.5. The Hall–Kier alpha value is -3.09. The lowest BCUT2D eigenvalue weighted by Crippen LogP contribution is -2.24. The Labute approximate surface area is 139 Å². The summed E-state index contributed by atoms with van der Waals surface area (Å²) >= 11 is 0. The van der Waals surface area contributed by atoms with Gasteiger partial charge in [0.25, 0.3) is 5.91 Å². The molecular formula is C17H18N2O5. The lowest BCUT2D eigenvalue weighted by Gasteiger charge is -2.06. The van der Waals surface area contributed by atoms with Crippen LogP contribution in [0.15, 0.2) is 52.2 Å². The van der Waals surface area contributed by atoms with Crippen molar-refractivity contribution in [3.8, 4) is 5.75 Å². The number of nitrogens with zero attached hydrogens (tertiary/aromatic N) is 1. The van der Waals surface area contributed by atoms with Gasteiger partial charge in [-0.25, -0.2) is 10.2 Å². The van der Waals surface area contributed by atoms with Gasteiger partial charge in [-0.2, -0.15) is 5.10 Å². The summed E-state index contributed by atoms with van der Waals surface area (Å²) in [5.41, 5.74) is 2.75. The van der Waals surface area contributed by atoms with Crippen molar-refractivity contribution in [1.29, 1.82) is 0 Å². The molecule has 0 radical (unpaired) electrons. The Morgan fingerprint density at radius 3 is 2.71 bits per heavy atom. The number of esters is 1. The van der Waals surface area contributed by atoms with Gasteiger partial charge < -0.3 is 13.9 Å². The fourth-order valence-corrected chi connectivity index (χ4v) is 1.68. The van der Waals surface area contributed by atoms with Crippen molar-refractivity contribution in [2.24, 2.45) is 5.10 Å². The van der Waals surface area contributed by atoms with Crippen LogP contribution in [0.1, 0.15) is 29.5 Å². The molecule has 2 rings (SSSR count). The van der Waals surface area contributed by atoms with Crippen molar-refractivity contribution >= 4 is 18.1 Å². The zero-order valence-electron chi connectivity index (χ0n) is 13.2. The van der Waals surface area contributed by atoms with Gasteiger partial charge in [0.1, 0.15) is 11.5 Å². The average molecular weight is 330 g/mol. The van der Waals surface area contributed by atoms with E-state index in [0.29, 0.717) is 23.7 Å². The van der Waals surface area contributed by atoms with E-state index in [1.165, 1.54) is 12.5 Å². The van der Waals surface area contributed by atoms with Crippen LogP contribution in [-0.2, 0) is 9.53 Å². The summed E-state index contributed by atoms with van der Waals surface area (Å²) in [4.78, 5) is 23.2. The van der Waals surface area contributed by atoms with Crippen molar-refractivity contribution in [2.45, 2.75) is 13.3 Å². The summed E-state index contributed by atoms with van der Waals surface area (Å²) in [6.07, 6.45) is 3.66. The van der Waals surface area contributed by atoms with E-state index in [1.807, 2.05) is 6.92 Å². The van der Waals surface area contributed by atoms with Gasteiger partial charge in [-0.15, -0.1) is 0 Å². The zero-order valence-corrected chi connectivity index (χ0v) is 13.2. The van der Waals surface area contributed by atoms with Crippen LogP contribution in [-0.4, -0.2) is 31.3 Å². The number of hydrazone groups is 1. The highest BCUT2D eigenvalue weighted by Gasteiger charge is 2.07. The van der Waals surface area contributed by atoms with Crippen molar-refractivity contribution in [3.63, 3.8) is 0 Å². The lowest BCUT2D eigenvalue weighted by molar-refractivity contribution is -0.123. The lowest BCUT2D eigenvalue weighted by atomic mass is 10.2. The fourth-order valence-electron chi connectivity index (χ4n) is 1.68. The van der Waals surface area contributed by atoms with E-state index in [9.17, 15) is 9.59 Å². The third kappa shape index (κ3) is 5.60. The van der Waals surface area contributed by atoms with Crippen molar-refractivity contribution in [1.82, 2.24) is 5.43 Å². The Bertz CT molecular complexity index is 678. The maximum Gasteiger partial charge on any atom is 0.338 e. The van der Waals surface area contributed by atoms with Gasteiger partial charge in [0.2, 0.25) is 0 Å². The van der Waals surface area contributed by atoms with Gasteiger partial charge in [0.15, 0.2) is 6.61 Å². The van der Waals surface area contributed by atoms with E-state index < -0.39 is 5.91 Å². The molecular weight excluding hydrogens is 312 g/mol.